The number of hydrogen-bond acceptors (Lipinski definition) is 5. The van der Waals surface area contributed by atoms with Gasteiger partial charge in [0.2, 0.25) is 0 Å². The van der Waals surface area contributed by atoms with Crippen LogP contribution in [0.2, 0.25) is 0 Å². The molecule has 1 aliphatic heterocycles. The van der Waals surface area contributed by atoms with Gasteiger partial charge in [0.15, 0.2) is 5.76 Å². The van der Waals surface area contributed by atoms with Crippen molar-refractivity contribution in [1.29, 1.82) is 0 Å². The van der Waals surface area contributed by atoms with Crippen molar-refractivity contribution in [2.75, 3.05) is 30.2 Å². The van der Waals surface area contributed by atoms with Crippen LogP contribution in [-0.2, 0) is 10.2 Å². The van der Waals surface area contributed by atoms with E-state index >= 15 is 0 Å². The van der Waals surface area contributed by atoms with Gasteiger partial charge in [-0.25, -0.2) is 0 Å². The number of benzene rings is 1. The summed E-state index contributed by atoms with van der Waals surface area (Å²) >= 11 is 0. The summed E-state index contributed by atoms with van der Waals surface area (Å²) in [5.74, 6) is 0.0839. The monoisotopic (exact) mass is 379 g/mol. The number of carbonyl (C=O) groups is 1. The van der Waals surface area contributed by atoms with Crippen LogP contribution in [0.15, 0.2) is 41.0 Å². The van der Waals surface area contributed by atoms with Gasteiger partial charge in [0.25, 0.3) is 5.91 Å². The molecule has 2 aromatic rings. The van der Waals surface area contributed by atoms with Crippen LogP contribution in [0.25, 0.3) is 0 Å². The maximum Gasteiger partial charge on any atom is 0.301 e. The number of nitrogens with zero attached hydrogens (tertiary/aromatic N) is 1. The maximum atomic E-state index is 12.5. The second-order valence-electron chi connectivity index (χ2n) is 5.91. The van der Waals surface area contributed by atoms with Gasteiger partial charge in [-0.3, -0.25) is 9.52 Å². The van der Waals surface area contributed by atoms with Crippen molar-refractivity contribution in [1.82, 2.24) is 4.31 Å². The molecule has 8 nitrogen and oxygen atoms in total. The molecule has 0 aliphatic carbocycles. The first-order valence-electron chi connectivity index (χ1n) is 8.30. The van der Waals surface area contributed by atoms with E-state index in [1.165, 1.54) is 23.7 Å². The van der Waals surface area contributed by atoms with Gasteiger partial charge >= 0.3 is 10.2 Å². The van der Waals surface area contributed by atoms with Crippen LogP contribution in [0.5, 0.6) is 5.75 Å². The molecule has 0 saturated carbocycles. The Morgan fingerprint density at radius 1 is 1.19 bits per heavy atom. The van der Waals surface area contributed by atoms with E-state index in [1.807, 2.05) is 0 Å². The quantitative estimate of drug-likeness (QED) is 0.804. The largest absolute Gasteiger partial charge is 0.494 e. The zero-order valence-electron chi connectivity index (χ0n) is 14.4. The lowest BCUT2D eigenvalue weighted by molar-refractivity contribution is 0.0996. The van der Waals surface area contributed by atoms with Gasteiger partial charge < -0.3 is 14.5 Å². The SMILES string of the molecule is COc1cc(NS(=O)(=O)N2CCCCC2)ccc1NC(=O)c1ccco1. The van der Waals surface area contributed by atoms with Crippen LogP contribution in [0, 0.1) is 0 Å². The van der Waals surface area contributed by atoms with Crippen LogP contribution in [0.1, 0.15) is 29.8 Å². The standard InChI is InChI=1S/C17H21N3O5S/c1-24-16-12-13(19-26(22,23)20-9-3-2-4-10-20)7-8-14(16)18-17(21)15-6-5-11-25-15/h5-8,11-12,19H,2-4,9-10H2,1H3,(H,18,21). The Bertz CT molecular complexity index is 859. The van der Waals surface area contributed by atoms with Gasteiger partial charge in [-0.15, -0.1) is 0 Å². The van der Waals surface area contributed by atoms with E-state index in [0.29, 0.717) is 30.2 Å². The molecule has 1 aliphatic rings. The minimum atomic E-state index is -3.61. The lowest BCUT2D eigenvalue weighted by Gasteiger charge is -2.26. The molecule has 0 radical (unpaired) electrons. The number of carbonyl (C=O) groups excluding carboxylic acids is 1. The zero-order chi connectivity index (χ0) is 18.6. The van der Waals surface area contributed by atoms with Crippen molar-refractivity contribution in [3.63, 3.8) is 0 Å². The molecule has 1 saturated heterocycles. The van der Waals surface area contributed by atoms with E-state index < -0.39 is 16.1 Å². The molecule has 0 bridgehead atoms. The molecular weight excluding hydrogens is 358 g/mol. The highest BCUT2D eigenvalue weighted by Gasteiger charge is 2.24. The van der Waals surface area contributed by atoms with Gasteiger partial charge in [0, 0.05) is 19.2 Å². The van der Waals surface area contributed by atoms with E-state index in [2.05, 4.69) is 10.0 Å². The molecule has 140 valence electrons. The van der Waals surface area contributed by atoms with Crippen LogP contribution >= 0.6 is 0 Å². The Morgan fingerprint density at radius 2 is 1.96 bits per heavy atom. The second-order valence-corrected chi connectivity index (χ2v) is 7.58. The van der Waals surface area contributed by atoms with Crippen molar-refractivity contribution in [2.45, 2.75) is 19.3 Å². The van der Waals surface area contributed by atoms with Crippen LogP contribution in [-0.4, -0.2) is 38.8 Å². The Labute approximate surface area is 152 Å². The highest BCUT2D eigenvalue weighted by Crippen LogP contribution is 2.29. The minimum Gasteiger partial charge on any atom is -0.494 e. The van der Waals surface area contributed by atoms with Crippen LogP contribution in [0.4, 0.5) is 11.4 Å². The Kier molecular flexibility index (Phi) is 5.48. The molecule has 3 rings (SSSR count). The molecular formula is C17H21N3O5S. The van der Waals surface area contributed by atoms with E-state index in [9.17, 15) is 13.2 Å². The Balaban J connectivity index is 1.75. The smallest absolute Gasteiger partial charge is 0.301 e. The molecule has 9 heteroatoms. The second kappa shape index (κ2) is 7.79. The van der Waals surface area contributed by atoms with Crippen molar-refractivity contribution in [3.05, 3.63) is 42.4 Å². The fourth-order valence-corrected chi connectivity index (χ4v) is 4.06. The molecule has 1 fully saturated rings. The number of piperidine rings is 1. The van der Waals surface area contributed by atoms with E-state index in [4.69, 9.17) is 9.15 Å². The summed E-state index contributed by atoms with van der Waals surface area (Å²) < 4.78 is 39.2. The Hall–Kier alpha value is -2.52. The van der Waals surface area contributed by atoms with Gasteiger partial charge in [-0.05, 0) is 37.1 Å². The van der Waals surface area contributed by atoms with Crippen LogP contribution < -0.4 is 14.8 Å². The summed E-state index contributed by atoms with van der Waals surface area (Å²) in [6.45, 7) is 1.04. The number of nitrogens with one attached hydrogen (secondary N) is 2. The number of methoxy groups -OCH3 is 1. The number of anilines is 2. The number of furan rings is 1. The third-order valence-electron chi connectivity index (χ3n) is 4.10. The highest BCUT2D eigenvalue weighted by molar-refractivity contribution is 7.90. The maximum absolute atomic E-state index is 12.5. The van der Waals surface area contributed by atoms with Crippen molar-refractivity contribution in [3.8, 4) is 5.75 Å². The summed E-state index contributed by atoms with van der Waals surface area (Å²) in [5, 5.41) is 2.67. The molecule has 2 N–H and O–H groups in total. The van der Waals surface area contributed by atoms with E-state index in [1.54, 1.807) is 24.3 Å². The summed E-state index contributed by atoms with van der Waals surface area (Å²) in [7, 11) is -2.16. The summed E-state index contributed by atoms with van der Waals surface area (Å²) in [5.41, 5.74) is 0.776. The lowest BCUT2D eigenvalue weighted by Crippen LogP contribution is -2.39. The third kappa shape index (κ3) is 4.17. The highest BCUT2D eigenvalue weighted by atomic mass is 32.2. The number of hydrogen-bond donors (Lipinski definition) is 2. The molecule has 1 aromatic heterocycles. The fourth-order valence-electron chi connectivity index (χ4n) is 2.77. The molecule has 26 heavy (non-hydrogen) atoms. The van der Waals surface area contributed by atoms with Gasteiger partial charge in [-0.2, -0.15) is 12.7 Å². The molecule has 1 amide bonds. The first-order chi connectivity index (χ1) is 12.5. The summed E-state index contributed by atoms with van der Waals surface area (Å²) in [6, 6.07) is 7.84. The average molecular weight is 379 g/mol. The first-order valence-corrected chi connectivity index (χ1v) is 9.74. The molecule has 1 aromatic carbocycles. The minimum absolute atomic E-state index is 0.168. The molecule has 0 unspecified atom stereocenters. The van der Waals surface area contributed by atoms with Gasteiger partial charge in [-0.1, -0.05) is 6.42 Å². The van der Waals surface area contributed by atoms with Crippen molar-refractivity contribution in [2.24, 2.45) is 0 Å². The predicted octanol–water partition coefficient (Wildman–Crippen LogP) is 2.68. The van der Waals surface area contributed by atoms with E-state index in [0.717, 1.165) is 19.3 Å². The van der Waals surface area contributed by atoms with Gasteiger partial charge in [0.1, 0.15) is 5.75 Å². The lowest BCUT2D eigenvalue weighted by atomic mass is 10.2. The molecule has 0 spiro atoms. The average Bonchev–Trinajstić information content (AvgIpc) is 3.18. The summed E-state index contributed by atoms with van der Waals surface area (Å²) in [4.78, 5) is 12.1. The predicted molar refractivity (Wildman–Crippen MR) is 97.6 cm³/mol. The van der Waals surface area contributed by atoms with Crippen molar-refractivity contribution >= 4 is 27.5 Å². The zero-order valence-corrected chi connectivity index (χ0v) is 15.2. The normalized spacial score (nSPS) is 15.4. The Morgan fingerprint density at radius 3 is 2.62 bits per heavy atom. The topological polar surface area (TPSA) is 101 Å². The van der Waals surface area contributed by atoms with Crippen molar-refractivity contribution < 1.29 is 22.4 Å². The molecule has 2 heterocycles. The number of rotatable bonds is 6. The number of amides is 1. The summed E-state index contributed by atoms with van der Waals surface area (Å²) in [6.07, 6.45) is 4.18. The molecule has 0 atom stereocenters. The first kappa shape index (κ1) is 18.3. The van der Waals surface area contributed by atoms with E-state index in [-0.39, 0.29) is 5.76 Å². The fraction of sp³-hybridized carbons (Fsp3) is 0.353. The van der Waals surface area contributed by atoms with Crippen LogP contribution in [0.3, 0.4) is 0 Å². The van der Waals surface area contributed by atoms with Gasteiger partial charge in [0.05, 0.1) is 24.7 Å². The third-order valence-corrected chi connectivity index (χ3v) is 5.64. The number of ether oxygens (including phenoxy) is 1.